The van der Waals surface area contributed by atoms with E-state index in [1.807, 2.05) is 12.1 Å². The zero-order valence-electron chi connectivity index (χ0n) is 10.1. The van der Waals surface area contributed by atoms with Crippen molar-refractivity contribution in [2.75, 3.05) is 6.61 Å². The largest absolute Gasteiger partial charge is 0.487 e. The van der Waals surface area contributed by atoms with E-state index < -0.39 is 11.6 Å². The van der Waals surface area contributed by atoms with Crippen LogP contribution in [0.15, 0.2) is 36.5 Å². The molecule has 2 nitrogen and oxygen atoms in total. The summed E-state index contributed by atoms with van der Waals surface area (Å²) in [7, 11) is 0. The van der Waals surface area contributed by atoms with Crippen LogP contribution < -0.4 is 4.74 Å². The fourth-order valence-electron chi connectivity index (χ4n) is 1.63. The van der Waals surface area contributed by atoms with Gasteiger partial charge in [0, 0.05) is 24.2 Å². The monoisotopic (exact) mass is 283 g/mol. The molecule has 0 spiro atoms. The Balaban J connectivity index is 2.00. The minimum absolute atomic E-state index is 0.0576. The van der Waals surface area contributed by atoms with Crippen LogP contribution in [0.25, 0.3) is 0 Å². The first-order valence-electron chi connectivity index (χ1n) is 5.77. The summed E-state index contributed by atoms with van der Waals surface area (Å²) in [5.41, 5.74) is 1.19. The standard InChI is InChI=1S/C14H12ClF2NO/c15-9-10-7-12(16)14(13(17)8-10)19-6-4-11-3-1-2-5-18-11/h1-3,5,7-8H,4,6,9H2. The first-order chi connectivity index (χ1) is 9.20. The minimum atomic E-state index is -0.739. The number of rotatable bonds is 5. The van der Waals surface area contributed by atoms with Crippen LogP contribution in [0.5, 0.6) is 5.75 Å². The van der Waals surface area contributed by atoms with Crippen molar-refractivity contribution < 1.29 is 13.5 Å². The number of nitrogens with zero attached hydrogens (tertiary/aromatic N) is 1. The summed E-state index contributed by atoms with van der Waals surface area (Å²) in [6.45, 7) is 0.158. The topological polar surface area (TPSA) is 22.1 Å². The van der Waals surface area contributed by atoms with E-state index in [0.717, 1.165) is 5.69 Å². The number of halogens is 3. The Hall–Kier alpha value is -1.68. The van der Waals surface area contributed by atoms with E-state index in [2.05, 4.69) is 4.98 Å². The minimum Gasteiger partial charge on any atom is -0.487 e. The van der Waals surface area contributed by atoms with Gasteiger partial charge in [-0.05, 0) is 29.8 Å². The van der Waals surface area contributed by atoms with Crippen molar-refractivity contribution in [3.63, 3.8) is 0 Å². The number of benzene rings is 1. The molecule has 19 heavy (non-hydrogen) atoms. The number of hydrogen-bond donors (Lipinski definition) is 0. The zero-order chi connectivity index (χ0) is 13.7. The molecular weight excluding hydrogens is 272 g/mol. The maximum Gasteiger partial charge on any atom is 0.190 e. The van der Waals surface area contributed by atoms with Gasteiger partial charge >= 0.3 is 0 Å². The quantitative estimate of drug-likeness (QED) is 0.780. The Morgan fingerprint density at radius 1 is 1.16 bits per heavy atom. The lowest BCUT2D eigenvalue weighted by atomic mass is 10.2. The molecule has 1 aromatic heterocycles. The molecule has 0 bridgehead atoms. The second-order valence-electron chi connectivity index (χ2n) is 3.94. The van der Waals surface area contributed by atoms with Crippen molar-refractivity contribution in [3.8, 4) is 5.75 Å². The molecule has 0 saturated carbocycles. The Morgan fingerprint density at radius 2 is 1.89 bits per heavy atom. The van der Waals surface area contributed by atoms with Gasteiger partial charge < -0.3 is 4.74 Å². The van der Waals surface area contributed by atoms with Crippen LogP contribution in [-0.2, 0) is 12.3 Å². The molecule has 0 atom stereocenters. The van der Waals surface area contributed by atoms with Gasteiger partial charge in [0.1, 0.15) is 0 Å². The molecule has 0 N–H and O–H groups in total. The summed E-state index contributed by atoms with van der Waals surface area (Å²) in [5, 5.41) is 0. The second kappa shape index (κ2) is 6.48. The van der Waals surface area contributed by atoms with Crippen LogP contribution >= 0.6 is 11.6 Å². The van der Waals surface area contributed by atoms with E-state index in [1.54, 1.807) is 12.3 Å². The number of pyridine rings is 1. The molecule has 0 aliphatic rings. The normalized spacial score (nSPS) is 10.5. The molecule has 0 aliphatic heterocycles. The SMILES string of the molecule is Fc1cc(CCl)cc(F)c1OCCc1ccccn1. The van der Waals surface area contributed by atoms with Gasteiger partial charge in [0.15, 0.2) is 17.4 Å². The van der Waals surface area contributed by atoms with Crippen LogP contribution in [0, 0.1) is 11.6 Å². The first-order valence-corrected chi connectivity index (χ1v) is 6.30. The van der Waals surface area contributed by atoms with Gasteiger partial charge in [0.25, 0.3) is 0 Å². The lowest BCUT2D eigenvalue weighted by Crippen LogP contribution is -2.06. The van der Waals surface area contributed by atoms with Crippen LogP contribution in [0.4, 0.5) is 8.78 Å². The molecule has 1 aromatic carbocycles. The lowest BCUT2D eigenvalue weighted by Gasteiger charge is -2.09. The molecule has 1 heterocycles. The summed E-state index contributed by atoms with van der Waals surface area (Å²) in [4.78, 5) is 4.10. The van der Waals surface area contributed by atoms with E-state index in [4.69, 9.17) is 16.3 Å². The lowest BCUT2D eigenvalue weighted by molar-refractivity contribution is 0.287. The smallest absolute Gasteiger partial charge is 0.190 e. The van der Waals surface area contributed by atoms with Crippen molar-refractivity contribution >= 4 is 11.6 Å². The summed E-state index contributed by atoms with van der Waals surface area (Å²) in [6, 6.07) is 7.82. The second-order valence-corrected chi connectivity index (χ2v) is 4.21. The van der Waals surface area contributed by atoms with E-state index in [-0.39, 0.29) is 18.2 Å². The number of aromatic nitrogens is 1. The predicted octanol–water partition coefficient (Wildman–Crippen LogP) is 3.72. The Kier molecular flexibility index (Phi) is 4.68. The van der Waals surface area contributed by atoms with Crippen molar-refractivity contribution in [1.82, 2.24) is 4.98 Å². The third-order valence-electron chi connectivity index (χ3n) is 2.54. The predicted molar refractivity (Wildman–Crippen MR) is 69.4 cm³/mol. The molecule has 0 fully saturated rings. The van der Waals surface area contributed by atoms with Crippen LogP contribution in [-0.4, -0.2) is 11.6 Å². The molecule has 0 saturated heterocycles. The van der Waals surface area contributed by atoms with Gasteiger partial charge in [-0.1, -0.05) is 6.07 Å². The summed E-state index contributed by atoms with van der Waals surface area (Å²) in [6.07, 6.45) is 2.14. The van der Waals surface area contributed by atoms with Crippen molar-refractivity contribution in [2.24, 2.45) is 0 Å². The Labute approximate surface area is 115 Å². The van der Waals surface area contributed by atoms with Gasteiger partial charge in [-0.2, -0.15) is 0 Å². The maximum absolute atomic E-state index is 13.6. The zero-order valence-corrected chi connectivity index (χ0v) is 10.8. The highest BCUT2D eigenvalue weighted by Crippen LogP contribution is 2.24. The molecule has 0 radical (unpaired) electrons. The third kappa shape index (κ3) is 3.64. The molecule has 2 rings (SSSR count). The van der Waals surface area contributed by atoms with E-state index in [1.165, 1.54) is 12.1 Å². The molecule has 2 aromatic rings. The van der Waals surface area contributed by atoms with Gasteiger partial charge in [0.05, 0.1) is 6.61 Å². The van der Waals surface area contributed by atoms with Crippen molar-refractivity contribution in [2.45, 2.75) is 12.3 Å². The number of hydrogen-bond acceptors (Lipinski definition) is 2. The van der Waals surface area contributed by atoms with Gasteiger partial charge in [0.2, 0.25) is 0 Å². The van der Waals surface area contributed by atoms with Crippen molar-refractivity contribution in [1.29, 1.82) is 0 Å². The van der Waals surface area contributed by atoms with Crippen LogP contribution in [0.3, 0.4) is 0 Å². The average Bonchev–Trinajstić information content (AvgIpc) is 2.42. The molecule has 0 unspecified atom stereocenters. The Morgan fingerprint density at radius 3 is 2.47 bits per heavy atom. The van der Waals surface area contributed by atoms with Gasteiger partial charge in [-0.25, -0.2) is 8.78 Å². The third-order valence-corrected chi connectivity index (χ3v) is 2.85. The fourth-order valence-corrected chi connectivity index (χ4v) is 1.79. The maximum atomic E-state index is 13.6. The molecule has 100 valence electrons. The first kappa shape index (κ1) is 13.7. The summed E-state index contributed by atoms with van der Waals surface area (Å²) in [5.74, 6) is -1.79. The summed E-state index contributed by atoms with van der Waals surface area (Å²) < 4.78 is 32.3. The number of alkyl halides is 1. The molecule has 0 aliphatic carbocycles. The average molecular weight is 284 g/mol. The van der Waals surface area contributed by atoms with Crippen LogP contribution in [0.2, 0.25) is 0 Å². The highest BCUT2D eigenvalue weighted by atomic mass is 35.5. The van der Waals surface area contributed by atoms with E-state index in [9.17, 15) is 8.78 Å². The number of ether oxygens (including phenoxy) is 1. The highest BCUT2D eigenvalue weighted by Gasteiger charge is 2.12. The molecule has 5 heteroatoms. The van der Waals surface area contributed by atoms with Gasteiger partial charge in [-0.15, -0.1) is 11.6 Å². The van der Waals surface area contributed by atoms with Gasteiger partial charge in [-0.3, -0.25) is 4.98 Å². The highest BCUT2D eigenvalue weighted by molar-refractivity contribution is 6.17. The molecular formula is C14H12ClF2NO. The Bertz CT molecular complexity index is 525. The van der Waals surface area contributed by atoms with E-state index >= 15 is 0 Å². The fraction of sp³-hybridized carbons (Fsp3) is 0.214. The summed E-state index contributed by atoms with van der Waals surface area (Å²) >= 11 is 5.53. The van der Waals surface area contributed by atoms with Crippen LogP contribution in [0.1, 0.15) is 11.3 Å². The molecule has 0 amide bonds. The van der Waals surface area contributed by atoms with E-state index in [0.29, 0.717) is 12.0 Å². The van der Waals surface area contributed by atoms with Crippen molar-refractivity contribution in [3.05, 3.63) is 59.4 Å².